The molecular formula is C17H37N2O4S+. The van der Waals surface area contributed by atoms with E-state index in [1.807, 2.05) is 7.05 Å². The number of carbonyl (C=O) groups is 1. The van der Waals surface area contributed by atoms with E-state index in [2.05, 4.69) is 19.2 Å². The highest BCUT2D eigenvalue weighted by Crippen LogP contribution is 2.15. The summed E-state index contributed by atoms with van der Waals surface area (Å²) in [6.07, 6.45) is 5.45. The van der Waals surface area contributed by atoms with E-state index >= 15 is 0 Å². The Bertz CT molecular complexity index is 446. The third kappa shape index (κ3) is 10.4. The van der Waals surface area contributed by atoms with Crippen molar-refractivity contribution in [1.29, 1.82) is 0 Å². The highest BCUT2D eigenvalue weighted by atomic mass is 32.2. The lowest BCUT2D eigenvalue weighted by Gasteiger charge is -2.39. The zero-order valence-electron chi connectivity index (χ0n) is 15.9. The minimum absolute atomic E-state index is 0.0659. The van der Waals surface area contributed by atoms with Crippen LogP contribution in [0.3, 0.4) is 0 Å². The number of ketones is 1. The van der Waals surface area contributed by atoms with Gasteiger partial charge in [-0.05, 0) is 46.1 Å². The van der Waals surface area contributed by atoms with Crippen molar-refractivity contribution in [3.63, 3.8) is 0 Å². The molecule has 0 aromatic heterocycles. The average molecular weight is 366 g/mol. The van der Waals surface area contributed by atoms with Gasteiger partial charge < -0.3 is 9.80 Å². The summed E-state index contributed by atoms with van der Waals surface area (Å²) in [6.45, 7) is 9.76. The Labute approximate surface area is 148 Å². The number of likely N-dealkylation sites (N-methyl/N-ethyl adjacent to an activating group) is 1. The fourth-order valence-corrected chi connectivity index (χ4v) is 4.04. The SMILES string of the molecule is CCC[N+](CCC)(CCCC[C@H](NC)C(C)=O)CCCS(=O)(=O)O. The van der Waals surface area contributed by atoms with Gasteiger partial charge in [-0.3, -0.25) is 9.35 Å². The van der Waals surface area contributed by atoms with Gasteiger partial charge in [-0.15, -0.1) is 0 Å². The number of nitrogens with zero attached hydrogens (tertiary/aromatic N) is 1. The van der Waals surface area contributed by atoms with E-state index in [0.717, 1.165) is 62.8 Å². The van der Waals surface area contributed by atoms with Crippen LogP contribution in [-0.4, -0.2) is 68.3 Å². The maximum Gasteiger partial charge on any atom is 0.265 e. The van der Waals surface area contributed by atoms with Gasteiger partial charge in [0.15, 0.2) is 0 Å². The molecule has 0 bridgehead atoms. The van der Waals surface area contributed by atoms with Crippen LogP contribution in [0.2, 0.25) is 0 Å². The maximum atomic E-state index is 11.5. The lowest BCUT2D eigenvalue weighted by atomic mass is 10.1. The zero-order chi connectivity index (χ0) is 18.6. The maximum absolute atomic E-state index is 11.5. The molecule has 0 aliphatic rings. The number of carbonyl (C=O) groups excluding carboxylic acids is 1. The molecule has 24 heavy (non-hydrogen) atoms. The Balaban J connectivity index is 4.60. The van der Waals surface area contributed by atoms with E-state index in [0.29, 0.717) is 6.42 Å². The standard InChI is InChI=1S/C17H36N2O4S/c1-5-11-19(12-6-2,14-9-15-24(21,22)23)13-8-7-10-17(18-4)16(3)20/h17-18H,5-15H2,1-4H3/p+1/t17-/m0/s1. The summed E-state index contributed by atoms with van der Waals surface area (Å²) in [6, 6.07) is -0.0659. The van der Waals surface area contributed by atoms with Crippen LogP contribution in [0.5, 0.6) is 0 Å². The van der Waals surface area contributed by atoms with E-state index < -0.39 is 10.1 Å². The van der Waals surface area contributed by atoms with Crippen molar-refractivity contribution in [2.24, 2.45) is 0 Å². The number of quaternary nitrogens is 1. The normalized spacial score (nSPS) is 13.9. The van der Waals surface area contributed by atoms with Crippen molar-refractivity contribution >= 4 is 15.9 Å². The molecule has 0 saturated heterocycles. The van der Waals surface area contributed by atoms with Crippen LogP contribution in [0.15, 0.2) is 0 Å². The molecule has 0 aromatic carbocycles. The topological polar surface area (TPSA) is 83.5 Å². The molecule has 0 heterocycles. The van der Waals surface area contributed by atoms with Crippen LogP contribution in [-0.2, 0) is 14.9 Å². The van der Waals surface area contributed by atoms with E-state index in [4.69, 9.17) is 4.55 Å². The largest absolute Gasteiger partial charge is 0.324 e. The summed E-state index contributed by atoms with van der Waals surface area (Å²) in [5, 5.41) is 3.05. The average Bonchev–Trinajstić information content (AvgIpc) is 2.46. The first-order valence-corrected chi connectivity index (χ1v) is 10.8. The Hall–Kier alpha value is -0.500. The van der Waals surface area contributed by atoms with Crippen LogP contribution in [0, 0.1) is 0 Å². The monoisotopic (exact) mass is 365 g/mol. The number of Topliss-reactive ketones (excluding diaryl/α,β-unsaturated/α-hetero) is 1. The van der Waals surface area contributed by atoms with Crippen LogP contribution < -0.4 is 5.32 Å². The smallest absolute Gasteiger partial charge is 0.265 e. The Morgan fingerprint density at radius 2 is 1.58 bits per heavy atom. The third-order valence-electron chi connectivity index (χ3n) is 4.65. The Morgan fingerprint density at radius 1 is 1.04 bits per heavy atom. The van der Waals surface area contributed by atoms with Gasteiger partial charge in [-0.25, -0.2) is 0 Å². The first-order valence-electron chi connectivity index (χ1n) is 9.17. The van der Waals surface area contributed by atoms with Gasteiger partial charge in [-0.1, -0.05) is 13.8 Å². The molecule has 0 saturated carbocycles. The molecule has 6 nitrogen and oxygen atoms in total. The fourth-order valence-electron chi connectivity index (χ4n) is 3.55. The van der Waals surface area contributed by atoms with Crippen LogP contribution in [0.4, 0.5) is 0 Å². The van der Waals surface area contributed by atoms with Gasteiger partial charge in [-0.2, -0.15) is 8.42 Å². The molecular weight excluding hydrogens is 328 g/mol. The Morgan fingerprint density at radius 3 is 2.00 bits per heavy atom. The zero-order valence-corrected chi connectivity index (χ0v) is 16.7. The number of rotatable bonds is 15. The van der Waals surface area contributed by atoms with Crippen molar-refractivity contribution < 1.29 is 22.2 Å². The number of hydrogen-bond acceptors (Lipinski definition) is 4. The molecule has 0 spiro atoms. The van der Waals surface area contributed by atoms with E-state index in [1.165, 1.54) is 0 Å². The molecule has 0 amide bonds. The molecule has 0 fully saturated rings. The summed E-state index contributed by atoms with van der Waals surface area (Å²) < 4.78 is 31.8. The lowest BCUT2D eigenvalue weighted by Crippen LogP contribution is -2.51. The highest BCUT2D eigenvalue weighted by Gasteiger charge is 2.25. The number of unbranched alkanes of at least 4 members (excludes halogenated alkanes) is 1. The van der Waals surface area contributed by atoms with Gasteiger partial charge in [0.1, 0.15) is 5.78 Å². The summed E-state index contributed by atoms with van der Waals surface area (Å²) in [5.41, 5.74) is 0. The van der Waals surface area contributed by atoms with Crippen molar-refractivity contribution in [3.8, 4) is 0 Å². The molecule has 144 valence electrons. The van der Waals surface area contributed by atoms with Gasteiger partial charge in [0.2, 0.25) is 0 Å². The molecule has 0 rings (SSSR count). The first kappa shape index (κ1) is 23.5. The van der Waals surface area contributed by atoms with Crippen LogP contribution in [0.1, 0.15) is 59.3 Å². The highest BCUT2D eigenvalue weighted by molar-refractivity contribution is 7.85. The molecule has 0 unspecified atom stereocenters. The number of hydrogen-bond donors (Lipinski definition) is 2. The quantitative estimate of drug-likeness (QED) is 0.264. The van der Waals surface area contributed by atoms with Gasteiger partial charge >= 0.3 is 0 Å². The molecule has 0 aromatic rings. The van der Waals surface area contributed by atoms with Gasteiger partial charge in [0.25, 0.3) is 10.1 Å². The number of nitrogens with one attached hydrogen (secondary N) is 1. The predicted octanol–water partition coefficient (Wildman–Crippen LogP) is 2.25. The van der Waals surface area contributed by atoms with Crippen molar-refractivity contribution in [2.45, 2.75) is 65.3 Å². The summed E-state index contributed by atoms with van der Waals surface area (Å²) in [7, 11) is -2.07. The third-order valence-corrected chi connectivity index (χ3v) is 5.45. The second-order valence-corrected chi connectivity index (χ2v) is 8.40. The second-order valence-electron chi connectivity index (χ2n) is 6.82. The second kappa shape index (κ2) is 12.0. The van der Waals surface area contributed by atoms with Crippen molar-refractivity contribution in [3.05, 3.63) is 0 Å². The van der Waals surface area contributed by atoms with E-state index in [9.17, 15) is 13.2 Å². The van der Waals surface area contributed by atoms with E-state index in [-0.39, 0.29) is 17.6 Å². The fraction of sp³-hybridized carbons (Fsp3) is 0.941. The van der Waals surface area contributed by atoms with Gasteiger partial charge in [0.05, 0.1) is 38.0 Å². The van der Waals surface area contributed by atoms with E-state index in [1.54, 1.807) is 6.92 Å². The van der Waals surface area contributed by atoms with Gasteiger partial charge in [0, 0.05) is 6.42 Å². The van der Waals surface area contributed by atoms with Crippen molar-refractivity contribution in [1.82, 2.24) is 5.32 Å². The molecule has 7 heteroatoms. The molecule has 2 N–H and O–H groups in total. The minimum atomic E-state index is -3.88. The summed E-state index contributed by atoms with van der Waals surface area (Å²) in [5.74, 6) is 0.0144. The predicted molar refractivity (Wildman–Crippen MR) is 98.7 cm³/mol. The molecule has 1 atom stereocenters. The van der Waals surface area contributed by atoms with Crippen LogP contribution >= 0.6 is 0 Å². The first-order chi connectivity index (χ1) is 11.2. The molecule has 0 aliphatic carbocycles. The summed E-state index contributed by atoms with van der Waals surface area (Å²) in [4.78, 5) is 11.5. The summed E-state index contributed by atoms with van der Waals surface area (Å²) >= 11 is 0. The van der Waals surface area contributed by atoms with Crippen molar-refractivity contribution in [2.75, 3.05) is 39.0 Å². The Kier molecular flexibility index (Phi) is 11.7. The molecule has 0 aliphatic heterocycles. The van der Waals surface area contributed by atoms with Crippen LogP contribution in [0.25, 0.3) is 0 Å². The lowest BCUT2D eigenvalue weighted by molar-refractivity contribution is -0.928. The molecule has 0 radical (unpaired) electrons. The minimum Gasteiger partial charge on any atom is -0.324 e.